The van der Waals surface area contributed by atoms with Crippen molar-refractivity contribution in [1.29, 1.82) is 0 Å². The van der Waals surface area contributed by atoms with Gasteiger partial charge in [0.2, 0.25) is 0 Å². The molecule has 1 saturated carbocycles. The summed E-state index contributed by atoms with van der Waals surface area (Å²) in [4.78, 5) is 15.8. The minimum absolute atomic E-state index is 0.313. The van der Waals surface area contributed by atoms with Crippen molar-refractivity contribution in [3.05, 3.63) is 65.5 Å². The maximum absolute atomic E-state index is 6.10. The molecule has 0 bridgehead atoms. The molecule has 9 nitrogen and oxygen atoms in total. The number of hydrogen-bond donors (Lipinski definition) is 3. The van der Waals surface area contributed by atoms with Crippen molar-refractivity contribution >= 4 is 33.6 Å². The zero-order valence-corrected chi connectivity index (χ0v) is 21.1. The van der Waals surface area contributed by atoms with Crippen LogP contribution >= 0.6 is 0 Å². The second-order valence-corrected chi connectivity index (χ2v) is 9.65. The number of hydrogen-bond acceptors (Lipinski definition) is 6. The van der Waals surface area contributed by atoms with Crippen LogP contribution in [0.15, 0.2) is 64.0 Å². The highest BCUT2D eigenvalue weighted by Gasteiger charge is 2.24. The van der Waals surface area contributed by atoms with Crippen molar-refractivity contribution in [2.75, 3.05) is 26.5 Å². The van der Waals surface area contributed by atoms with Gasteiger partial charge in [-0.25, -0.2) is 9.97 Å². The number of H-pyrrole nitrogens is 1. The van der Waals surface area contributed by atoms with Gasteiger partial charge in [-0.05, 0) is 56.6 Å². The number of benzene rings is 2. The number of nitrogens with zero attached hydrogens (tertiary/aromatic N) is 6. The van der Waals surface area contributed by atoms with Crippen molar-refractivity contribution in [2.24, 2.45) is 21.2 Å². The quantitative estimate of drug-likeness (QED) is 0.152. The molecule has 5 rings (SSSR count). The highest BCUT2D eigenvalue weighted by Crippen LogP contribution is 2.33. The molecule has 0 unspecified atom stereocenters. The van der Waals surface area contributed by atoms with Gasteiger partial charge >= 0.3 is 0 Å². The molecule has 1 aliphatic rings. The van der Waals surface area contributed by atoms with Gasteiger partial charge in [0.1, 0.15) is 17.3 Å². The Labute approximate surface area is 210 Å². The number of aromatic amines is 1. The molecule has 0 amide bonds. The molecule has 36 heavy (non-hydrogen) atoms. The summed E-state index contributed by atoms with van der Waals surface area (Å²) in [6.45, 7) is 0. The Morgan fingerprint density at radius 1 is 1.08 bits per heavy atom. The third-order valence-corrected chi connectivity index (χ3v) is 7.01. The van der Waals surface area contributed by atoms with Gasteiger partial charge in [-0.15, -0.1) is 5.10 Å². The molecule has 4 aromatic rings. The summed E-state index contributed by atoms with van der Waals surface area (Å²) in [6.07, 6.45) is 5.27. The van der Waals surface area contributed by atoms with Gasteiger partial charge in [0, 0.05) is 35.0 Å². The van der Waals surface area contributed by atoms with Crippen LogP contribution < -0.4 is 11.1 Å². The molecule has 2 aromatic heterocycles. The van der Waals surface area contributed by atoms with Crippen molar-refractivity contribution in [1.82, 2.24) is 19.9 Å². The van der Waals surface area contributed by atoms with E-state index in [0.29, 0.717) is 24.3 Å². The van der Waals surface area contributed by atoms with E-state index in [2.05, 4.69) is 56.9 Å². The maximum atomic E-state index is 6.10. The Morgan fingerprint density at radius 2 is 1.86 bits per heavy atom. The zero-order valence-electron chi connectivity index (χ0n) is 21.1. The van der Waals surface area contributed by atoms with E-state index in [0.717, 1.165) is 52.0 Å². The number of amidine groups is 1. The fraction of sp³-hybridized carbons (Fsp3) is 0.370. The van der Waals surface area contributed by atoms with Crippen LogP contribution in [0, 0.1) is 0 Å². The summed E-state index contributed by atoms with van der Waals surface area (Å²) < 4.78 is 0. The summed E-state index contributed by atoms with van der Waals surface area (Å²) in [5, 5.41) is 17.1. The van der Waals surface area contributed by atoms with Crippen LogP contribution in [0.5, 0.6) is 0 Å². The Balaban J connectivity index is 1.54. The average molecular weight is 484 g/mol. The monoisotopic (exact) mass is 483 g/mol. The Kier molecular flexibility index (Phi) is 6.90. The molecule has 4 N–H and O–H groups in total. The maximum Gasteiger partial charge on any atom is 0.155 e. The minimum atomic E-state index is 0.313. The Morgan fingerprint density at radius 3 is 2.58 bits per heavy atom. The molecule has 0 radical (unpaired) electrons. The predicted octanol–water partition coefficient (Wildman–Crippen LogP) is 4.69. The summed E-state index contributed by atoms with van der Waals surface area (Å²) in [6, 6.07) is 17.3. The number of nitrogens with one attached hydrogen (secondary N) is 2. The lowest BCUT2D eigenvalue weighted by molar-refractivity contribution is 0.221. The van der Waals surface area contributed by atoms with Crippen LogP contribution in [0.25, 0.3) is 21.9 Å². The number of rotatable bonds is 7. The molecule has 0 spiro atoms. The molecular weight excluding hydrogens is 450 g/mol. The van der Waals surface area contributed by atoms with E-state index in [9.17, 15) is 0 Å². The van der Waals surface area contributed by atoms with Gasteiger partial charge in [-0.1, -0.05) is 42.5 Å². The highest BCUT2D eigenvalue weighted by atomic mass is 15.4. The highest BCUT2D eigenvalue weighted by molar-refractivity contribution is 6.13. The molecular formula is C27H33N9. The Hall–Kier alpha value is -3.85. The number of nitrogens with two attached hydrogens (primary N) is 1. The second kappa shape index (κ2) is 10.4. The molecule has 0 aliphatic heterocycles. The Bertz CT molecular complexity index is 1400. The number of anilines is 1. The van der Waals surface area contributed by atoms with E-state index in [1.54, 1.807) is 7.05 Å². The SMILES string of the molecule is CN=NN=C(N)c1ccc2c(c1)[nH]c1nc(Cc3ccccc3)nc(NC3CCC(N(C)C)CC3)c12. The summed E-state index contributed by atoms with van der Waals surface area (Å²) in [7, 11) is 5.90. The lowest BCUT2D eigenvalue weighted by atomic mass is 9.90. The van der Waals surface area contributed by atoms with E-state index in [1.807, 2.05) is 36.4 Å². The molecule has 0 atom stereocenters. The van der Waals surface area contributed by atoms with Crippen LogP contribution in [0.3, 0.4) is 0 Å². The van der Waals surface area contributed by atoms with Crippen LogP contribution in [0.1, 0.15) is 42.6 Å². The molecule has 186 valence electrons. The molecule has 1 fully saturated rings. The first-order valence-electron chi connectivity index (χ1n) is 12.4. The molecule has 0 saturated heterocycles. The van der Waals surface area contributed by atoms with E-state index >= 15 is 0 Å². The van der Waals surface area contributed by atoms with E-state index in [4.69, 9.17) is 15.7 Å². The fourth-order valence-corrected chi connectivity index (χ4v) is 5.05. The van der Waals surface area contributed by atoms with E-state index in [-0.39, 0.29) is 0 Å². The van der Waals surface area contributed by atoms with Crippen molar-refractivity contribution in [3.8, 4) is 0 Å². The van der Waals surface area contributed by atoms with Crippen LogP contribution in [-0.4, -0.2) is 58.9 Å². The number of fused-ring (bicyclic) bond motifs is 3. The normalized spacial score (nSPS) is 19.1. The predicted molar refractivity (Wildman–Crippen MR) is 146 cm³/mol. The standard InChI is InChI=1S/C27H33N9/c1-29-35-34-25(28)18-9-14-21-22(16-18)31-27-24(21)26(30-19-10-12-20(13-11-19)36(2)3)32-23(33-27)15-17-7-5-4-6-8-17/h4-9,14,16,19-20H,10-13,15H2,1-3H3,(H2,28,29,34)(H2,30,31,32,33). The second-order valence-electron chi connectivity index (χ2n) is 9.65. The third kappa shape index (κ3) is 5.06. The van der Waals surface area contributed by atoms with Crippen LogP contribution in [0.2, 0.25) is 0 Å². The third-order valence-electron chi connectivity index (χ3n) is 7.01. The minimum Gasteiger partial charge on any atom is -0.382 e. The van der Waals surface area contributed by atoms with Crippen molar-refractivity contribution < 1.29 is 0 Å². The smallest absolute Gasteiger partial charge is 0.155 e. The summed E-state index contributed by atoms with van der Waals surface area (Å²) in [5.41, 5.74) is 9.80. The van der Waals surface area contributed by atoms with E-state index in [1.165, 1.54) is 18.4 Å². The fourth-order valence-electron chi connectivity index (χ4n) is 5.05. The van der Waals surface area contributed by atoms with Crippen molar-refractivity contribution in [2.45, 2.75) is 44.2 Å². The largest absolute Gasteiger partial charge is 0.382 e. The van der Waals surface area contributed by atoms with Gasteiger partial charge in [-0.3, -0.25) is 0 Å². The van der Waals surface area contributed by atoms with E-state index < -0.39 is 0 Å². The van der Waals surface area contributed by atoms with Crippen LogP contribution in [0.4, 0.5) is 5.82 Å². The zero-order chi connectivity index (χ0) is 25.1. The summed E-state index contributed by atoms with van der Waals surface area (Å²) >= 11 is 0. The van der Waals surface area contributed by atoms with Crippen LogP contribution in [-0.2, 0) is 6.42 Å². The van der Waals surface area contributed by atoms with Gasteiger partial charge in [0.05, 0.1) is 12.4 Å². The van der Waals surface area contributed by atoms with Gasteiger partial charge in [0.15, 0.2) is 5.84 Å². The van der Waals surface area contributed by atoms with Crippen molar-refractivity contribution in [3.63, 3.8) is 0 Å². The molecule has 9 heteroatoms. The lowest BCUT2D eigenvalue weighted by Gasteiger charge is -2.33. The average Bonchev–Trinajstić information content (AvgIpc) is 3.26. The summed E-state index contributed by atoms with van der Waals surface area (Å²) in [5.74, 6) is 1.99. The van der Waals surface area contributed by atoms with Gasteiger partial charge < -0.3 is 20.9 Å². The molecule has 2 aromatic carbocycles. The molecule has 2 heterocycles. The molecule has 1 aliphatic carbocycles. The van der Waals surface area contributed by atoms with Gasteiger partial charge in [0.25, 0.3) is 0 Å². The first-order valence-corrected chi connectivity index (χ1v) is 12.4. The first-order chi connectivity index (χ1) is 17.5. The first kappa shape index (κ1) is 23.9. The number of aromatic nitrogens is 3. The lowest BCUT2D eigenvalue weighted by Crippen LogP contribution is -2.36. The topological polar surface area (TPSA) is 120 Å². The van der Waals surface area contributed by atoms with Gasteiger partial charge in [-0.2, -0.15) is 5.11 Å².